The quantitative estimate of drug-likeness (QED) is 0.643. The van der Waals surface area contributed by atoms with Gasteiger partial charge in [-0.3, -0.25) is 4.79 Å². The first-order valence-electron chi connectivity index (χ1n) is 6.59. The van der Waals surface area contributed by atoms with Crippen molar-refractivity contribution in [3.8, 4) is 5.75 Å². The first-order chi connectivity index (χ1) is 9.49. The summed E-state index contributed by atoms with van der Waals surface area (Å²) in [6.07, 6.45) is 0. The molecule has 2 N–H and O–H groups in total. The second-order valence-electron chi connectivity index (χ2n) is 6.22. The zero-order chi connectivity index (χ0) is 16.2. The van der Waals surface area contributed by atoms with Gasteiger partial charge in [-0.25, -0.2) is 4.79 Å². The summed E-state index contributed by atoms with van der Waals surface area (Å²) in [5, 5.41) is 20.9. The topological polar surface area (TPSA) is 87.1 Å². The highest BCUT2D eigenvalue weighted by Crippen LogP contribution is 2.49. The second kappa shape index (κ2) is 4.54. The van der Waals surface area contributed by atoms with E-state index in [1.54, 1.807) is 13.8 Å². The van der Waals surface area contributed by atoms with E-state index in [1.165, 1.54) is 24.1 Å². The average molecular weight is 293 g/mol. The molecule has 0 unspecified atom stereocenters. The molecule has 1 aliphatic heterocycles. The number of ether oxygens (including phenoxy) is 1. The standard InChI is InChI=1S/C15H19NO5/c1-8(17)21-12-7-11-10(6-9(12)13(18)19)14(2,3)16(20)15(11,4)5/h6-7,20H,1-5H3,(H,18,19). The van der Waals surface area contributed by atoms with Gasteiger partial charge in [0.2, 0.25) is 0 Å². The van der Waals surface area contributed by atoms with Crippen LogP contribution >= 0.6 is 0 Å². The molecule has 0 spiro atoms. The molecule has 1 aromatic rings. The number of hydroxylamine groups is 2. The summed E-state index contributed by atoms with van der Waals surface area (Å²) in [7, 11) is 0. The molecule has 6 heteroatoms. The maximum Gasteiger partial charge on any atom is 0.339 e. The number of carboxylic acids is 1. The van der Waals surface area contributed by atoms with Crippen LogP contribution in [0.1, 0.15) is 56.1 Å². The highest BCUT2D eigenvalue weighted by molar-refractivity contribution is 5.92. The molecule has 0 fully saturated rings. The van der Waals surface area contributed by atoms with Crippen LogP contribution in [0.25, 0.3) is 0 Å². The molecule has 1 aliphatic rings. The van der Waals surface area contributed by atoms with Gasteiger partial charge >= 0.3 is 11.9 Å². The average Bonchev–Trinajstić information content (AvgIpc) is 2.47. The number of benzene rings is 1. The molecule has 0 bridgehead atoms. The number of esters is 1. The third-order valence-electron chi connectivity index (χ3n) is 3.98. The number of carboxylic acid groups (broad SMARTS) is 1. The lowest BCUT2D eigenvalue weighted by Crippen LogP contribution is -2.42. The van der Waals surface area contributed by atoms with E-state index in [2.05, 4.69) is 0 Å². The van der Waals surface area contributed by atoms with Gasteiger partial charge in [0, 0.05) is 6.92 Å². The minimum absolute atomic E-state index is 0.00655. The summed E-state index contributed by atoms with van der Waals surface area (Å²) in [5.74, 6) is -1.78. The molecule has 21 heavy (non-hydrogen) atoms. The van der Waals surface area contributed by atoms with Gasteiger partial charge in [0.25, 0.3) is 0 Å². The molecule has 0 amide bonds. The first-order valence-corrected chi connectivity index (χ1v) is 6.59. The van der Waals surface area contributed by atoms with E-state index in [1.807, 2.05) is 13.8 Å². The van der Waals surface area contributed by atoms with Gasteiger partial charge in [0.15, 0.2) is 0 Å². The van der Waals surface area contributed by atoms with Gasteiger partial charge in [0.05, 0.1) is 11.1 Å². The van der Waals surface area contributed by atoms with Crippen LogP contribution in [-0.2, 0) is 15.9 Å². The number of carbonyl (C=O) groups excluding carboxylic acids is 1. The van der Waals surface area contributed by atoms with Gasteiger partial charge in [0.1, 0.15) is 11.3 Å². The molecule has 114 valence electrons. The molecule has 0 aromatic heterocycles. The molecular weight excluding hydrogens is 274 g/mol. The van der Waals surface area contributed by atoms with Crippen LogP contribution in [0.4, 0.5) is 0 Å². The predicted octanol–water partition coefficient (Wildman–Crippen LogP) is 2.49. The number of nitrogens with zero attached hydrogens (tertiary/aromatic N) is 1. The van der Waals surface area contributed by atoms with Crippen LogP contribution in [-0.4, -0.2) is 27.3 Å². The molecule has 0 atom stereocenters. The van der Waals surface area contributed by atoms with E-state index in [0.29, 0.717) is 5.56 Å². The van der Waals surface area contributed by atoms with Crippen LogP contribution in [0.3, 0.4) is 0 Å². The van der Waals surface area contributed by atoms with Gasteiger partial charge in [-0.1, -0.05) is 0 Å². The van der Waals surface area contributed by atoms with Crippen molar-refractivity contribution in [1.29, 1.82) is 0 Å². The molecule has 0 radical (unpaired) electrons. The highest BCUT2D eigenvalue weighted by atomic mass is 16.5. The maximum atomic E-state index is 11.4. The van der Waals surface area contributed by atoms with Gasteiger partial charge < -0.3 is 15.1 Å². The van der Waals surface area contributed by atoms with Crippen LogP contribution in [0, 0.1) is 0 Å². The fraction of sp³-hybridized carbons (Fsp3) is 0.467. The Morgan fingerprint density at radius 3 is 2.00 bits per heavy atom. The van der Waals surface area contributed by atoms with E-state index in [-0.39, 0.29) is 11.3 Å². The fourth-order valence-electron chi connectivity index (χ4n) is 2.93. The number of hydrogen-bond acceptors (Lipinski definition) is 5. The van der Waals surface area contributed by atoms with Crippen molar-refractivity contribution >= 4 is 11.9 Å². The Morgan fingerprint density at radius 2 is 1.57 bits per heavy atom. The normalized spacial score (nSPS) is 19.1. The summed E-state index contributed by atoms with van der Waals surface area (Å²) in [6.45, 7) is 8.46. The molecular formula is C15H19NO5. The van der Waals surface area contributed by atoms with Crippen molar-refractivity contribution in [2.45, 2.75) is 45.7 Å². The Kier molecular flexibility index (Phi) is 3.35. The summed E-state index contributed by atoms with van der Waals surface area (Å²) < 4.78 is 5.01. The van der Waals surface area contributed by atoms with Crippen molar-refractivity contribution in [2.75, 3.05) is 0 Å². The van der Waals surface area contributed by atoms with Crippen molar-refractivity contribution < 1.29 is 24.6 Å². The highest BCUT2D eigenvalue weighted by Gasteiger charge is 2.49. The van der Waals surface area contributed by atoms with Crippen LogP contribution < -0.4 is 4.74 Å². The lowest BCUT2D eigenvalue weighted by molar-refractivity contribution is -0.216. The summed E-state index contributed by atoms with van der Waals surface area (Å²) >= 11 is 0. The van der Waals surface area contributed by atoms with Crippen molar-refractivity contribution in [3.05, 3.63) is 28.8 Å². The Hall–Kier alpha value is -1.92. The van der Waals surface area contributed by atoms with Gasteiger partial charge in [-0.2, -0.15) is 5.06 Å². The zero-order valence-electron chi connectivity index (χ0n) is 12.7. The van der Waals surface area contributed by atoms with Crippen molar-refractivity contribution in [3.63, 3.8) is 0 Å². The zero-order valence-corrected chi connectivity index (χ0v) is 12.7. The monoisotopic (exact) mass is 293 g/mol. The van der Waals surface area contributed by atoms with Gasteiger partial charge in [-0.15, -0.1) is 0 Å². The summed E-state index contributed by atoms with van der Waals surface area (Å²) in [4.78, 5) is 22.6. The SMILES string of the molecule is CC(=O)Oc1cc2c(cc1C(=O)O)C(C)(C)N(O)C2(C)C. The van der Waals surface area contributed by atoms with E-state index in [0.717, 1.165) is 5.56 Å². The molecule has 6 nitrogen and oxygen atoms in total. The molecule has 0 saturated heterocycles. The van der Waals surface area contributed by atoms with E-state index < -0.39 is 23.0 Å². The number of rotatable bonds is 2. The maximum absolute atomic E-state index is 11.4. The van der Waals surface area contributed by atoms with E-state index in [4.69, 9.17) is 4.74 Å². The Bertz CT molecular complexity index is 633. The van der Waals surface area contributed by atoms with Crippen LogP contribution in [0.2, 0.25) is 0 Å². The lowest BCUT2D eigenvalue weighted by Gasteiger charge is -2.34. The Morgan fingerprint density at radius 1 is 1.10 bits per heavy atom. The third kappa shape index (κ3) is 2.20. The lowest BCUT2D eigenvalue weighted by atomic mass is 9.88. The molecule has 1 aromatic carbocycles. The van der Waals surface area contributed by atoms with E-state index in [9.17, 15) is 19.9 Å². The van der Waals surface area contributed by atoms with Crippen LogP contribution in [0.5, 0.6) is 5.75 Å². The van der Waals surface area contributed by atoms with Crippen molar-refractivity contribution in [1.82, 2.24) is 5.06 Å². The third-order valence-corrected chi connectivity index (χ3v) is 3.98. The largest absolute Gasteiger partial charge is 0.478 e. The Labute approximate surface area is 122 Å². The number of aromatic carboxylic acids is 1. The number of carbonyl (C=O) groups is 2. The number of fused-ring (bicyclic) bond motifs is 1. The summed E-state index contributed by atoms with van der Waals surface area (Å²) in [5.41, 5.74) is -0.120. The van der Waals surface area contributed by atoms with Gasteiger partial charge in [-0.05, 0) is 51.0 Å². The second-order valence-corrected chi connectivity index (χ2v) is 6.22. The molecule has 0 saturated carbocycles. The molecule has 2 rings (SSSR count). The minimum Gasteiger partial charge on any atom is -0.478 e. The molecule has 1 heterocycles. The smallest absolute Gasteiger partial charge is 0.339 e. The first kappa shape index (κ1) is 15.5. The number of hydrogen-bond donors (Lipinski definition) is 2. The minimum atomic E-state index is -1.18. The Balaban J connectivity index is 2.74. The summed E-state index contributed by atoms with van der Waals surface area (Å²) in [6, 6.07) is 2.99. The molecule has 0 aliphatic carbocycles. The fourth-order valence-corrected chi connectivity index (χ4v) is 2.93. The van der Waals surface area contributed by atoms with Crippen molar-refractivity contribution in [2.24, 2.45) is 0 Å². The van der Waals surface area contributed by atoms with Crippen LogP contribution in [0.15, 0.2) is 12.1 Å². The van der Waals surface area contributed by atoms with E-state index >= 15 is 0 Å². The predicted molar refractivity (Wildman–Crippen MR) is 74.4 cm³/mol.